The molecule has 0 spiro atoms. The molecule has 2 aliphatic rings. The predicted molar refractivity (Wildman–Crippen MR) is 158 cm³/mol. The van der Waals surface area contributed by atoms with Gasteiger partial charge in [0, 0.05) is 23.6 Å². The highest BCUT2D eigenvalue weighted by Gasteiger charge is 2.26. The molecule has 2 heterocycles. The van der Waals surface area contributed by atoms with Crippen LogP contribution in [0.1, 0.15) is 60.3 Å². The second-order valence-corrected chi connectivity index (χ2v) is 11.3. The van der Waals surface area contributed by atoms with E-state index in [-0.39, 0.29) is 18.3 Å². The van der Waals surface area contributed by atoms with E-state index in [4.69, 9.17) is 26.1 Å². The van der Waals surface area contributed by atoms with Crippen molar-refractivity contribution in [3.05, 3.63) is 88.3 Å². The number of aromatic nitrogens is 2. The Labute approximate surface area is 244 Å². The van der Waals surface area contributed by atoms with Crippen LogP contribution < -0.4 is 0 Å². The van der Waals surface area contributed by atoms with Crippen molar-refractivity contribution >= 4 is 35.3 Å². The second kappa shape index (κ2) is 13.4. The molecule has 1 saturated heterocycles. The Morgan fingerprint density at radius 3 is 2.66 bits per heavy atom. The van der Waals surface area contributed by atoms with Crippen LogP contribution in [0.4, 0.5) is 4.39 Å². The maximum atomic E-state index is 14.0. The molecule has 0 radical (unpaired) electrons. The molecule has 1 aliphatic carbocycles. The summed E-state index contributed by atoms with van der Waals surface area (Å²) in [6.45, 7) is 5.09. The summed E-state index contributed by atoms with van der Waals surface area (Å²) in [7, 11) is 0. The Bertz CT molecular complexity index is 1450. The van der Waals surface area contributed by atoms with E-state index >= 15 is 0 Å². The number of halogens is 2. The predicted octanol–water partition coefficient (Wildman–Crippen LogP) is 7.37. The van der Waals surface area contributed by atoms with Gasteiger partial charge in [-0.15, -0.1) is 0 Å². The summed E-state index contributed by atoms with van der Waals surface area (Å²) >= 11 is 5.80. The van der Waals surface area contributed by atoms with Crippen LogP contribution in [0.15, 0.2) is 65.5 Å². The molecule has 1 aromatic heterocycles. The minimum atomic E-state index is -0.929. The van der Waals surface area contributed by atoms with E-state index in [0.717, 1.165) is 68.4 Å². The van der Waals surface area contributed by atoms with Crippen molar-refractivity contribution in [1.82, 2.24) is 9.55 Å². The first kappa shape index (κ1) is 29.0. The maximum Gasteiger partial charge on any atom is 0.335 e. The SMILES string of the molecule is C=N/C(=C\C=C/CC1CCC(Cc2nc3ccc(C(=O)O)cc3n2C[C@@H]2CCO2)CC1)OCc1ccc(Cl)cc1F. The number of aliphatic imine (C=N–C) groups is 1. The third-order valence-electron chi connectivity index (χ3n) is 8.08. The Morgan fingerprint density at radius 1 is 1.20 bits per heavy atom. The van der Waals surface area contributed by atoms with Crippen molar-refractivity contribution in [2.75, 3.05) is 6.61 Å². The number of imidazole rings is 1. The van der Waals surface area contributed by atoms with Crippen molar-refractivity contribution in [2.24, 2.45) is 16.8 Å². The lowest BCUT2D eigenvalue weighted by atomic mass is 9.79. The molecule has 216 valence electrons. The van der Waals surface area contributed by atoms with Crippen LogP contribution >= 0.6 is 11.6 Å². The Kier molecular flexibility index (Phi) is 9.52. The summed E-state index contributed by atoms with van der Waals surface area (Å²) < 4.78 is 27.4. The molecular formula is C32H35ClFN3O4. The van der Waals surface area contributed by atoms with Crippen molar-refractivity contribution in [2.45, 2.75) is 64.2 Å². The van der Waals surface area contributed by atoms with Crippen molar-refractivity contribution < 1.29 is 23.8 Å². The summed E-state index contributed by atoms with van der Waals surface area (Å²) in [6, 6.07) is 9.65. The molecule has 2 aromatic carbocycles. The molecule has 0 unspecified atom stereocenters. The van der Waals surface area contributed by atoms with Crippen molar-refractivity contribution in [3.8, 4) is 0 Å². The number of benzene rings is 2. The number of carbonyl (C=O) groups is 1. The quantitative estimate of drug-likeness (QED) is 0.137. The molecular weight excluding hydrogens is 545 g/mol. The summed E-state index contributed by atoms with van der Waals surface area (Å²) in [6.07, 6.45) is 13.4. The number of nitrogens with zero attached hydrogens (tertiary/aromatic N) is 3. The normalized spacial score (nSPS) is 21.2. The summed E-state index contributed by atoms with van der Waals surface area (Å²) in [5, 5.41) is 9.82. The number of fused-ring (bicyclic) bond motifs is 1. The van der Waals surface area contributed by atoms with Gasteiger partial charge in [0.25, 0.3) is 0 Å². The molecule has 1 atom stereocenters. The number of aromatic carboxylic acids is 1. The molecule has 9 heteroatoms. The molecule has 1 saturated carbocycles. The van der Waals surface area contributed by atoms with Gasteiger partial charge in [-0.25, -0.2) is 19.2 Å². The third kappa shape index (κ3) is 7.43. The van der Waals surface area contributed by atoms with Gasteiger partial charge in [0.05, 0.1) is 29.2 Å². The minimum Gasteiger partial charge on any atom is -0.478 e. The smallest absolute Gasteiger partial charge is 0.335 e. The molecule has 5 rings (SSSR count). The van der Waals surface area contributed by atoms with Gasteiger partial charge < -0.3 is 19.1 Å². The van der Waals surface area contributed by atoms with Gasteiger partial charge in [-0.3, -0.25) is 0 Å². The van der Waals surface area contributed by atoms with Crippen LogP contribution in [0, 0.1) is 17.7 Å². The first-order valence-electron chi connectivity index (χ1n) is 14.1. The molecule has 0 bridgehead atoms. The highest BCUT2D eigenvalue weighted by molar-refractivity contribution is 6.30. The monoisotopic (exact) mass is 579 g/mol. The number of hydrogen-bond acceptors (Lipinski definition) is 5. The van der Waals surface area contributed by atoms with Gasteiger partial charge in [-0.2, -0.15) is 0 Å². The fourth-order valence-corrected chi connectivity index (χ4v) is 5.74. The fraction of sp³-hybridized carbons (Fsp3) is 0.406. The van der Waals surface area contributed by atoms with Gasteiger partial charge in [0.15, 0.2) is 0 Å². The Hall–Kier alpha value is -3.49. The number of rotatable bonds is 12. The Balaban J connectivity index is 1.13. The second-order valence-electron chi connectivity index (χ2n) is 10.9. The van der Waals surface area contributed by atoms with E-state index in [1.54, 1.807) is 30.3 Å². The average molecular weight is 580 g/mol. The lowest BCUT2D eigenvalue weighted by Gasteiger charge is -2.30. The molecule has 0 amide bonds. The largest absolute Gasteiger partial charge is 0.478 e. The van der Waals surface area contributed by atoms with E-state index in [9.17, 15) is 14.3 Å². The summed E-state index contributed by atoms with van der Waals surface area (Å²) in [5.74, 6) is 1.18. The third-order valence-corrected chi connectivity index (χ3v) is 8.32. The average Bonchev–Trinajstić information content (AvgIpc) is 3.27. The highest BCUT2D eigenvalue weighted by Crippen LogP contribution is 2.34. The van der Waals surface area contributed by atoms with Crippen LogP contribution in [0.3, 0.4) is 0 Å². The van der Waals surface area contributed by atoms with Crippen LogP contribution in [0.25, 0.3) is 11.0 Å². The van der Waals surface area contributed by atoms with Gasteiger partial charge in [-0.05, 0) is 93.5 Å². The van der Waals surface area contributed by atoms with Crippen LogP contribution in [-0.2, 0) is 29.0 Å². The van der Waals surface area contributed by atoms with Crippen LogP contribution in [0.2, 0.25) is 5.02 Å². The van der Waals surface area contributed by atoms with Gasteiger partial charge in [0.2, 0.25) is 5.88 Å². The van der Waals surface area contributed by atoms with E-state index in [1.165, 1.54) is 6.07 Å². The van der Waals surface area contributed by atoms with E-state index in [0.29, 0.717) is 34.8 Å². The minimum absolute atomic E-state index is 0.0495. The maximum absolute atomic E-state index is 14.0. The number of carboxylic acids is 1. The Morgan fingerprint density at radius 2 is 1.98 bits per heavy atom. The zero-order chi connectivity index (χ0) is 28.8. The topological polar surface area (TPSA) is 85.9 Å². The fourth-order valence-electron chi connectivity index (χ4n) is 5.59. The highest BCUT2D eigenvalue weighted by atomic mass is 35.5. The number of ether oxygens (including phenoxy) is 2. The number of hydrogen-bond donors (Lipinski definition) is 1. The summed E-state index contributed by atoms with van der Waals surface area (Å²) in [5.41, 5.74) is 2.40. The first-order valence-corrected chi connectivity index (χ1v) is 14.5. The zero-order valence-corrected chi connectivity index (χ0v) is 23.7. The number of carboxylic acid groups (broad SMARTS) is 1. The molecule has 1 N–H and O–H groups in total. The van der Waals surface area contributed by atoms with Crippen LogP contribution in [0.5, 0.6) is 0 Å². The van der Waals surface area contributed by atoms with E-state index in [2.05, 4.69) is 22.4 Å². The van der Waals surface area contributed by atoms with Gasteiger partial charge in [-0.1, -0.05) is 29.8 Å². The van der Waals surface area contributed by atoms with Gasteiger partial charge >= 0.3 is 5.97 Å². The molecule has 1 aliphatic heterocycles. The van der Waals surface area contributed by atoms with Crippen molar-refractivity contribution in [3.63, 3.8) is 0 Å². The summed E-state index contributed by atoms with van der Waals surface area (Å²) in [4.78, 5) is 20.4. The molecule has 2 fully saturated rings. The van der Waals surface area contributed by atoms with Gasteiger partial charge in [0.1, 0.15) is 18.2 Å². The van der Waals surface area contributed by atoms with E-state index < -0.39 is 11.8 Å². The van der Waals surface area contributed by atoms with Crippen molar-refractivity contribution in [1.29, 1.82) is 0 Å². The molecule has 3 aromatic rings. The molecule has 41 heavy (non-hydrogen) atoms. The number of allylic oxidation sites excluding steroid dienone is 3. The van der Waals surface area contributed by atoms with Crippen LogP contribution in [-0.4, -0.2) is 40.1 Å². The zero-order valence-electron chi connectivity index (χ0n) is 23.0. The molecule has 7 nitrogen and oxygen atoms in total. The lowest BCUT2D eigenvalue weighted by molar-refractivity contribution is -0.0590. The standard InChI is InChI=1S/C32H35ClFN3O4/c1-35-31(41-20-24-10-12-25(33)18-27(24)34)5-3-2-4-21-6-8-22(9-7-21)16-30-36-28-13-11-23(32(38)39)17-29(28)37(30)19-26-14-15-40-26/h2-3,5,10-13,17-18,21-22,26H,1,4,6-9,14-16,19-20H2,(H,38,39)/b3-2-,31-5+/t21?,22?,26-/m0/s1. The van der Waals surface area contributed by atoms with E-state index in [1.807, 2.05) is 12.1 Å². The first-order chi connectivity index (χ1) is 19.9. The lowest BCUT2D eigenvalue weighted by Crippen LogP contribution is -2.32.